The molecule has 144 valence electrons. The molecule has 2 saturated carbocycles. The fraction of sp³-hybridized carbons (Fsp3) is 0.667. The van der Waals surface area contributed by atoms with Gasteiger partial charge in [-0.3, -0.25) is 9.69 Å². The van der Waals surface area contributed by atoms with E-state index < -0.39 is 0 Å². The summed E-state index contributed by atoms with van der Waals surface area (Å²) in [4.78, 5) is 21.2. The van der Waals surface area contributed by atoms with Crippen molar-refractivity contribution in [2.75, 3.05) is 4.90 Å². The molecular formula is C21H28N4OS. The van der Waals surface area contributed by atoms with Gasteiger partial charge in [0, 0.05) is 18.4 Å². The number of carbonyl (C=O) groups is 1. The minimum Gasteiger partial charge on any atom is -0.273 e. The van der Waals surface area contributed by atoms with E-state index in [0.717, 1.165) is 29.5 Å². The maximum Gasteiger partial charge on any atom is 0.270 e. The number of thiophene rings is 1. The second-order valence-corrected chi connectivity index (χ2v) is 9.32. The number of nitrogens with zero attached hydrogens (tertiary/aromatic N) is 4. The highest BCUT2D eigenvalue weighted by molar-refractivity contribution is 7.12. The molecule has 5 rings (SSSR count). The lowest BCUT2D eigenvalue weighted by Crippen LogP contribution is -2.61. The Bertz CT molecular complexity index is 821. The van der Waals surface area contributed by atoms with Crippen molar-refractivity contribution in [1.29, 1.82) is 0 Å². The summed E-state index contributed by atoms with van der Waals surface area (Å²) < 4.78 is 2.21. The lowest BCUT2D eigenvalue weighted by atomic mass is 9.64. The molecule has 2 fully saturated rings. The summed E-state index contributed by atoms with van der Waals surface area (Å²) in [6.45, 7) is 2.10. The van der Waals surface area contributed by atoms with Crippen molar-refractivity contribution in [3.63, 3.8) is 0 Å². The largest absolute Gasteiger partial charge is 0.273 e. The van der Waals surface area contributed by atoms with E-state index in [2.05, 4.69) is 11.6 Å². The van der Waals surface area contributed by atoms with Crippen molar-refractivity contribution in [3.8, 4) is 0 Å². The molecule has 2 aromatic rings. The van der Waals surface area contributed by atoms with E-state index >= 15 is 0 Å². The lowest BCUT2D eigenvalue weighted by Gasteiger charge is -2.55. The number of aromatic nitrogens is 3. The maximum absolute atomic E-state index is 13.5. The molecule has 1 aliphatic heterocycles. The summed E-state index contributed by atoms with van der Waals surface area (Å²) in [5.74, 6) is 2.31. The second-order valence-electron chi connectivity index (χ2n) is 8.37. The van der Waals surface area contributed by atoms with Crippen molar-refractivity contribution in [2.45, 2.75) is 82.7 Å². The van der Waals surface area contributed by atoms with Gasteiger partial charge in [-0.25, -0.2) is 4.68 Å². The van der Waals surface area contributed by atoms with Crippen LogP contribution in [0.5, 0.6) is 0 Å². The van der Waals surface area contributed by atoms with Gasteiger partial charge in [0.25, 0.3) is 5.91 Å². The second kappa shape index (κ2) is 6.73. The minimum absolute atomic E-state index is 0.0747. The first-order chi connectivity index (χ1) is 13.2. The Kier molecular flexibility index (Phi) is 4.34. The van der Waals surface area contributed by atoms with E-state index in [0.29, 0.717) is 5.92 Å². The molecule has 2 unspecified atom stereocenters. The van der Waals surface area contributed by atoms with Gasteiger partial charge in [0.15, 0.2) is 5.82 Å². The van der Waals surface area contributed by atoms with Crippen LogP contribution in [0.2, 0.25) is 0 Å². The molecule has 0 saturated heterocycles. The van der Waals surface area contributed by atoms with Gasteiger partial charge in [0.1, 0.15) is 0 Å². The number of fused-ring (bicyclic) bond motifs is 4. The monoisotopic (exact) mass is 384 g/mol. The molecule has 0 N–H and O–H groups in total. The Hall–Kier alpha value is -1.69. The van der Waals surface area contributed by atoms with Crippen molar-refractivity contribution in [3.05, 3.63) is 28.2 Å². The molecule has 3 heterocycles. The molecule has 2 aromatic heterocycles. The number of hydrogen-bond donors (Lipinski definition) is 0. The summed E-state index contributed by atoms with van der Waals surface area (Å²) in [5, 5.41) is 6.95. The van der Waals surface area contributed by atoms with Crippen LogP contribution in [-0.4, -0.2) is 26.7 Å². The van der Waals surface area contributed by atoms with Crippen molar-refractivity contribution >= 4 is 23.2 Å². The zero-order valence-electron chi connectivity index (χ0n) is 16.1. The normalized spacial score (nSPS) is 26.6. The van der Waals surface area contributed by atoms with Gasteiger partial charge < -0.3 is 0 Å². The number of hydrogen-bond acceptors (Lipinski definition) is 4. The Morgan fingerprint density at radius 1 is 1.22 bits per heavy atom. The Morgan fingerprint density at radius 3 is 2.78 bits per heavy atom. The number of anilines is 1. The molecule has 5 nitrogen and oxygen atoms in total. The van der Waals surface area contributed by atoms with Gasteiger partial charge in [-0.15, -0.1) is 11.3 Å². The fourth-order valence-corrected chi connectivity index (χ4v) is 6.47. The van der Waals surface area contributed by atoms with Crippen LogP contribution in [0.15, 0.2) is 17.5 Å². The third-order valence-electron chi connectivity index (χ3n) is 7.01. The van der Waals surface area contributed by atoms with Crippen LogP contribution in [0.25, 0.3) is 0 Å². The lowest BCUT2D eigenvalue weighted by molar-refractivity contribution is 0.0312. The molecule has 1 amide bonds. The summed E-state index contributed by atoms with van der Waals surface area (Å²) in [6, 6.07) is 4.18. The van der Waals surface area contributed by atoms with E-state index in [-0.39, 0.29) is 17.5 Å². The standard InChI is InChI=1S/C21H28N4OS/c1-2-18-22-20-24(19(26)17-11-8-14-27-17)16-10-5-4-9-15(16)21(25(20)23-18)12-6-3-7-13-21/h8,11,14-16H,2-7,9-10,12-13H2,1H3. The van der Waals surface area contributed by atoms with Gasteiger partial charge in [-0.05, 0) is 37.1 Å². The van der Waals surface area contributed by atoms with Crippen LogP contribution in [0, 0.1) is 5.92 Å². The van der Waals surface area contributed by atoms with Crippen LogP contribution >= 0.6 is 11.3 Å². The average Bonchev–Trinajstić information content (AvgIpc) is 3.39. The number of carbonyl (C=O) groups excluding carboxylic acids is 1. The molecule has 0 bridgehead atoms. The predicted molar refractivity (Wildman–Crippen MR) is 107 cm³/mol. The molecule has 2 atom stereocenters. The van der Waals surface area contributed by atoms with Crippen molar-refractivity contribution in [1.82, 2.24) is 14.8 Å². The SMILES string of the molecule is CCc1nc2n(n1)C1(CCCCC1)C1CCCCC1N2C(=O)c1cccs1. The Morgan fingerprint density at radius 2 is 2.04 bits per heavy atom. The summed E-state index contributed by atoms with van der Waals surface area (Å²) in [7, 11) is 0. The molecular weight excluding hydrogens is 356 g/mol. The van der Waals surface area contributed by atoms with Crippen molar-refractivity contribution < 1.29 is 4.79 Å². The van der Waals surface area contributed by atoms with Gasteiger partial charge in [0.2, 0.25) is 5.95 Å². The average molecular weight is 385 g/mol. The zero-order chi connectivity index (χ0) is 18.4. The number of amides is 1. The molecule has 27 heavy (non-hydrogen) atoms. The van der Waals surface area contributed by atoms with Crippen LogP contribution in [0.1, 0.15) is 80.2 Å². The first-order valence-electron chi connectivity index (χ1n) is 10.6. The Labute approximate surface area is 164 Å². The molecule has 2 aliphatic carbocycles. The fourth-order valence-electron chi connectivity index (χ4n) is 5.81. The molecule has 3 aliphatic rings. The zero-order valence-corrected chi connectivity index (χ0v) is 16.9. The van der Waals surface area contributed by atoms with Crippen molar-refractivity contribution in [2.24, 2.45) is 5.92 Å². The van der Waals surface area contributed by atoms with Crippen LogP contribution in [-0.2, 0) is 12.0 Å². The highest BCUT2D eigenvalue weighted by atomic mass is 32.1. The molecule has 0 aromatic carbocycles. The molecule has 0 radical (unpaired) electrons. The van der Waals surface area contributed by atoms with Crippen LogP contribution < -0.4 is 4.90 Å². The molecule has 6 heteroatoms. The Balaban J connectivity index is 1.68. The van der Waals surface area contributed by atoms with E-state index in [9.17, 15) is 4.79 Å². The maximum atomic E-state index is 13.5. The summed E-state index contributed by atoms with van der Waals surface area (Å²) >= 11 is 1.53. The number of rotatable bonds is 2. The van der Waals surface area contributed by atoms with E-state index in [1.165, 1.54) is 62.7 Å². The third-order valence-corrected chi connectivity index (χ3v) is 7.87. The van der Waals surface area contributed by atoms with E-state index in [1.54, 1.807) is 0 Å². The first kappa shape index (κ1) is 17.4. The van der Waals surface area contributed by atoms with E-state index in [1.807, 2.05) is 22.4 Å². The van der Waals surface area contributed by atoms with Crippen LogP contribution in [0.3, 0.4) is 0 Å². The highest BCUT2D eigenvalue weighted by Gasteiger charge is 2.55. The number of aryl methyl sites for hydroxylation is 1. The van der Waals surface area contributed by atoms with Gasteiger partial charge in [0.05, 0.1) is 10.4 Å². The van der Waals surface area contributed by atoms with Gasteiger partial charge in [-0.2, -0.15) is 10.1 Å². The quantitative estimate of drug-likeness (QED) is 0.749. The third kappa shape index (κ3) is 2.59. The minimum atomic E-state index is 0.0747. The first-order valence-corrected chi connectivity index (χ1v) is 11.5. The molecule has 1 spiro atoms. The smallest absolute Gasteiger partial charge is 0.270 e. The summed E-state index contributed by atoms with van der Waals surface area (Å²) in [6.07, 6.45) is 11.8. The highest BCUT2D eigenvalue weighted by Crippen LogP contribution is 2.53. The van der Waals surface area contributed by atoms with Gasteiger partial charge >= 0.3 is 0 Å². The topological polar surface area (TPSA) is 51.0 Å². The van der Waals surface area contributed by atoms with Gasteiger partial charge in [-0.1, -0.05) is 45.1 Å². The summed E-state index contributed by atoms with van der Waals surface area (Å²) in [5.41, 5.74) is 0.0747. The predicted octanol–water partition coefficient (Wildman–Crippen LogP) is 4.78. The van der Waals surface area contributed by atoms with E-state index in [4.69, 9.17) is 10.1 Å². The van der Waals surface area contributed by atoms with Crippen LogP contribution in [0.4, 0.5) is 5.95 Å².